The fourth-order valence-corrected chi connectivity index (χ4v) is 2.02. The number of rotatable bonds is 2. The van der Waals surface area contributed by atoms with Crippen molar-refractivity contribution in [3.05, 3.63) is 41.3 Å². The van der Waals surface area contributed by atoms with Crippen molar-refractivity contribution in [2.24, 2.45) is 0 Å². The number of nitrogens with zero attached hydrogens (tertiary/aromatic N) is 1. The average Bonchev–Trinajstić information content (AvgIpc) is 3.11. The molecule has 1 N–H and O–H groups in total. The standard InChI is InChI=1S/C13H10FNO2/c14-9-2-1-3-10-12(9)8(13(16)17)6-11(15-10)7-4-5-7/h1-3,6-7H,4-5H2,(H,16,17). The predicted molar refractivity (Wildman–Crippen MR) is 60.6 cm³/mol. The monoisotopic (exact) mass is 231 g/mol. The summed E-state index contributed by atoms with van der Waals surface area (Å²) < 4.78 is 13.7. The number of aromatic nitrogens is 1. The van der Waals surface area contributed by atoms with Crippen molar-refractivity contribution in [3.63, 3.8) is 0 Å². The van der Waals surface area contributed by atoms with Crippen molar-refractivity contribution in [1.82, 2.24) is 4.98 Å². The van der Waals surface area contributed by atoms with Crippen LogP contribution in [0.1, 0.15) is 34.8 Å². The summed E-state index contributed by atoms with van der Waals surface area (Å²) in [5.74, 6) is -1.29. The molecule has 4 heteroatoms. The minimum atomic E-state index is -1.11. The number of pyridine rings is 1. The van der Waals surface area contributed by atoms with Gasteiger partial charge in [-0.05, 0) is 31.0 Å². The van der Waals surface area contributed by atoms with Crippen LogP contribution in [0.15, 0.2) is 24.3 Å². The first-order valence-electron chi connectivity index (χ1n) is 5.49. The van der Waals surface area contributed by atoms with E-state index in [9.17, 15) is 9.18 Å². The van der Waals surface area contributed by atoms with Gasteiger partial charge in [-0.2, -0.15) is 0 Å². The molecule has 1 aliphatic rings. The zero-order valence-electron chi connectivity index (χ0n) is 8.98. The molecule has 0 saturated heterocycles. The van der Waals surface area contributed by atoms with Crippen LogP contribution < -0.4 is 0 Å². The number of aromatic carboxylic acids is 1. The van der Waals surface area contributed by atoms with Crippen LogP contribution in [0.2, 0.25) is 0 Å². The fourth-order valence-electron chi connectivity index (χ4n) is 2.02. The quantitative estimate of drug-likeness (QED) is 0.864. The van der Waals surface area contributed by atoms with E-state index in [1.54, 1.807) is 12.1 Å². The van der Waals surface area contributed by atoms with Crippen molar-refractivity contribution in [2.45, 2.75) is 18.8 Å². The molecule has 1 saturated carbocycles. The summed E-state index contributed by atoms with van der Waals surface area (Å²) in [5, 5.41) is 9.24. The van der Waals surface area contributed by atoms with Crippen LogP contribution in [-0.4, -0.2) is 16.1 Å². The van der Waals surface area contributed by atoms with Gasteiger partial charge in [0.25, 0.3) is 0 Å². The lowest BCUT2D eigenvalue weighted by atomic mass is 10.1. The van der Waals surface area contributed by atoms with Gasteiger partial charge in [-0.15, -0.1) is 0 Å². The Labute approximate surface area is 96.9 Å². The molecule has 1 aliphatic carbocycles. The van der Waals surface area contributed by atoms with Crippen LogP contribution in [0.5, 0.6) is 0 Å². The summed E-state index contributed by atoms with van der Waals surface area (Å²) in [6, 6.07) is 5.96. The van der Waals surface area contributed by atoms with E-state index in [4.69, 9.17) is 5.11 Å². The normalized spacial score (nSPS) is 15.1. The van der Waals surface area contributed by atoms with Crippen LogP contribution in [0.25, 0.3) is 10.9 Å². The Kier molecular flexibility index (Phi) is 2.11. The molecule has 3 nitrogen and oxygen atoms in total. The minimum Gasteiger partial charge on any atom is -0.478 e. The molecular weight excluding hydrogens is 221 g/mol. The summed E-state index contributed by atoms with van der Waals surface area (Å²) in [6.07, 6.45) is 2.07. The summed E-state index contributed by atoms with van der Waals surface area (Å²) in [7, 11) is 0. The summed E-state index contributed by atoms with van der Waals surface area (Å²) in [5.41, 5.74) is 1.20. The van der Waals surface area contributed by atoms with E-state index >= 15 is 0 Å². The van der Waals surface area contributed by atoms with Gasteiger partial charge in [-0.1, -0.05) is 6.07 Å². The molecule has 1 fully saturated rings. The highest BCUT2D eigenvalue weighted by Crippen LogP contribution is 2.40. The Balaban J connectivity index is 2.35. The highest BCUT2D eigenvalue weighted by molar-refractivity contribution is 6.02. The molecule has 0 spiro atoms. The van der Waals surface area contributed by atoms with E-state index in [1.807, 2.05) is 0 Å². The molecule has 2 aromatic rings. The first kappa shape index (κ1) is 10.2. The zero-order valence-corrected chi connectivity index (χ0v) is 8.98. The van der Waals surface area contributed by atoms with Crippen LogP contribution in [0, 0.1) is 5.82 Å². The lowest BCUT2D eigenvalue weighted by molar-refractivity contribution is 0.0698. The summed E-state index contributed by atoms with van der Waals surface area (Å²) in [4.78, 5) is 15.5. The predicted octanol–water partition coefficient (Wildman–Crippen LogP) is 2.95. The van der Waals surface area contributed by atoms with Gasteiger partial charge in [0.1, 0.15) is 5.82 Å². The number of hydrogen-bond donors (Lipinski definition) is 1. The molecule has 1 aromatic carbocycles. The summed E-state index contributed by atoms with van der Waals surface area (Å²) >= 11 is 0. The Morgan fingerprint density at radius 1 is 1.41 bits per heavy atom. The molecule has 0 atom stereocenters. The highest BCUT2D eigenvalue weighted by atomic mass is 19.1. The van der Waals surface area contributed by atoms with E-state index in [0.717, 1.165) is 18.5 Å². The van der Waals surface area contributed by atoms with Crippen LogP contribution >= 0.6 is 0 Å². The van der Waals surface area contributed by atoms with Gasteiger partial charge >= 0.3 is 5.97 Å². The second-order valence-electron chi connectivity index (χ2n) is 4.31. The molecule has 86 valence electrons. The maximum atomic E-state index is 13.7. The average molecular weight is 231 g/mol. The van der Waals surface area contributed by atoms with Gasteiger partial charge in [-0.25, -0.2) is 9.18 Å². The van der Waals surface area contributed by atoms with Gasteiger partial charge in [0, 0.05) is 11.6 Å². The minimum absolute atomic E-state index is 0.00926. The number of halogens is 1. The van der Waals surface area contributed by atoms with E-state index in [-0.39, 0.29) is 10.9 Å². The molecule has 0 radical (unpaired) electrons. The third-order valence-electron chi connectivity index (χ3n) is 3.03. The van der Waals surface area contributed by atoms with Crippen molar-refractivity contribution in [3.8, 4) is 0 Å². The molecule has 17 heavy (non-hydrogen) atoms. The molecule has 0 unspecified atom stereocenters. The molecule has 0 bridgehead atoms. The van der Waals surface area contributed by atoms with E-state index in [1.165, 1.54) is 12.1 Å². The fraction of sp³-hybridized carbons (Fsp3) is 0.231. The van der Waals surface area contributed by atoms with E-state index in [2.05, 4.69) is 4.98 Å². The number of carboxylic acids is 1. The maximum Gasteiger partial charge on any atom is 0.336 e. The molecule has 1 heterocycles. The topological polar surface area (TPSA) is 50.2 Å². The molecule has 1 aromatic heterocycles. The Bertz CT molecular complexity index is 620. The molecule has 0 amide bonds. The largest absolute Gasteiger partial charge is 0.478 e. The van der Waals surface area contributed by atoms with Gasteiger partial charge in [0.15, 0.2) is 0 Å². The smallest absolute Gasteiger partial charge is 0.336 e. The van der Waals surface area contributed by atoms with Gasteiger partial charge in [0.05, 0.1) is 16.5 Å². The van der Waals surface area contributed by atoms with Crippen LogP contribution in [0.4, 0.5) is 4.39 Å². The zero-order chi connectivity index (χ0) is 12.0. The van der Waals surface area contributed by atoms with Crippen molar-refractivity contribution < 1.29 is 14.3 Å². The molecule has 3 rings (SSSR count). The number of carbonyl (C=O) groups is 1. The second-order valence-corrected chi connectivity index (χ2v) is 4.31. The van der Waals surface area contributed by atoms with E-state index in [0.29, 0.717) is 11.4 Å². The third kappa shape index (κ3) is 1.65. The molecule has 0 aliphatic heterocycles. The third-order valence-corrected chi connectivity index (χ3v) is 3.03. The maximum absolute atomic E-state index is 13.7. The van der Waals surface area contributed by atoms with Gasteiger partial charge < -0.3 is 5.11 Å². The SMILES string of the molecule is O=C(O)c1cc(C2CC2)nc2cccc(F)c12. The number of fused-ring (bicyclic) bond motifs is 1. The van der Waals surface area contributed by atoms with Gasteiger partial charge in [0.2, 0.25) is 0 Å². The molecular formula is C13H10FNO2. The Hall–Kier alpha value is -1.97. The van der Waals surface area contributed by atoms with Crippen molar-refractivity contribution in [2.75, 3.05) is 0 Å². The van der Waals surface area contributed by atoms with Crippen molar-refractivity contribution in [1.29, 1.82) is 0 Å². The van der Waals surface area contributed by atoms with Crippen molar-refractivity contribution >= 4 is 16.9 Å². The lowest BCUT2D eigenvalue weighted by Crippen LogP contribution is -2.02. The number of carboxylic acid groups (broad SMARTS) is 1. The van der Waals surface area contributed by atoms with Crippen LogP contribution in [0.3, 0.4) is 0 Å². The highest BCUT2D eigenvalue weighted by Gasteiger charge is 2.27. The van der Waals surface area contributed by atoms with Crippen LogP contribution in [-0.2, 0) is 0 Å². The first-order chi connectivity index (χ1) is 8.16. The van der Waals surface area contributed by atoms with Gasteiger partial charge in [-0.3, -0.25) is 4.98 Å². The number of benzene rings is 1. The van der Waals surface area contributed by atoms with E-state index < -0.39 is 11.8 Å². The number of hydrogen-bond acceptors (Lipinski definition) is 2. The Morgan fingerprint density at radius 3 is 2.82 bits per heavy atom. The summed E-state index contributed by atoms with van der Waals surface area (Å²) in [6.45, 7) is 0. The lowest BCUT2D eigenvalue weighted by Gasteiger charge is -2.06. The first-order valence-corrected chi connectivity index (χ1v) is 5.49. The second kappa shape index (κ2) is 3.52. The Morgan fingerprint density at radius 2 is 2.18 bits per heavy atom.